The Morgan fingerprint density at radius 3 is 2.55 bits per heavy atom. The number of pyridine rings is 2. The SMILES string of the molecule is COc1ccc(COc2cccc(C3CCN(Cc4nc5c(OC)cc(C(=O)O)cc5n4C[C@@H]4CCO4)CC3)n2)cn1. The minimum Gasteiger partial charge on any atom is -0.494 e. The fourth-order valence-corrected chi connectivity index (χ4v) is 5.58. The summed E-state index contributed by atoms with van der Waals surface area (Å²) in [6, 6.07) is 12.9. The van der Waals surface area contributed by atoms with E-state index in [0.717, 1.165) is 61.6 Å². The Balaban J connectivity index is 1.13. The Morgan fingerprint density at radius 2 is 1.88 bits per heavy atom. The van der Waals surface area contributed by atoms with Gasteiger partial charge >= 0.3 is 5.97 Å². The zero-order chi connectivity index (χ0) is 29.1. The monoisotopic (exact) mass is 573 g/mol. The first-order valence-corrected chi connectivity index (χ1v) is 14.2. The molecule has 0 saturated carbocycles. The standard InChI is InChI=1S/C31H35N5O6/c1-39-26-15-22(31(37)38)14-25-30(26)34-27(36(25)17-23-10-13-41-23)18-35-11-8-21(9-12-35)24-4-3-5-29(33-24)42-19-20-6-7-28(40-2)32-16-20/h3-7,14-16,21,23H,8-13,17-19H2,1-2H3,(H,37,38)/t23-/m0/s1. The van der Waals surface area contributed by atoms with Crippen LogP contribution in [0.5, 0.6) is 17.5 Å². The number of benzene rings is 1. The number of likely N-dealkylation sites (tertiary alicyclic amines) is 1. The van der Waals surface area contributed by atoms with Crippen molar-refractivity contribution in [2.24, 2.45) is 0 Å². The van der Waals surface area contributed by atoms with Crippen molar-refractivity contribution in [3.63, 3.8) is 0 Å². The molecule has 0 bridgehead atoms. The molecule has 5 heterocycles. The van der Waals surface area contributed by atoms with Gasteiger partial charge in [-0.2, -0.15) is 0 Å². The molecule has 6 rings (SSSR count). The molecule has 2 fully saturated rings. The molecule has 0 aliphatic carbocycles. The molecule has 0 spiro atoms. The van der Waals surface area contributed by atoms with Gasteiger partial charge in [0, 0.05) is 42.1 Å². The van der Waals surface area contributed by atoms with E-state index in [-0.39, 0.29) is 11.7 Å². The molecule has 0 radical (unpaired) electrons. The third kappa shape index (κ3) is 6.02. The molecule has 1 atom stereocenters. The maximum atomic E-state index is 11.8. The lowest BCUT2D eigenvalue weighted by atomic mass is 9.93. The van der Waals surface area contributed by atoms with Gasteiger partial charge in [-0.25, -0.2) is 19.7 Å². The van der Waals surface area contributed by atoms with Gasteiger partial charge in [-0.3, -0.25) is 4.90 Å². The van der Waals surface area contributed by atoms with Crippen molar-refractivity contribution in [1.82, 2.24) is 24.4 Å². The Morgan fingerprint density at radius 1 is 1.05 bits per heavy atom. The molecule has 3 aromatic heterocycles. The zero-order valence-electron chi connectivity index (χ0n) is 23.9. The zero-order valence-corrected chi connectivity index (χ0v) is 23.9. The number of piperidine rings is 1. The first-order valence-electron chi connectivity index (χ1n) is 14.2. The van der Waals surface area contributed by atoms with Crippen LogP contribution in [-0.4, -0.2) is 75.5 Å². The average molecular weight is 574 g/mol. The lowest BCUT2D eigenvalue weighted by molar-refractivity contribution is -0.0592. The number of aromatic nitrogens is 4. The molecule has 2 aliphatic rings. The Hall–Kier alpha value is -4.22. The van der Waals surface area contributed by atoms with E-state index in [1.807, 2.05) is 24.3 Å². The Kier molecular flexibility index (Phi) is 8.20. The number of fused-ring (bicyclic) bond motifs is 1. The predicted octanol–water partition coefficient (Wildman–Crippen LogP) is 4.29. The first kappa shape index (κ1) is 27.9. The van der Waals surface area contributed by atoms with Crippen molar-refractivity contribution in [2.75, 3.05) is 33.9 Å². The van der Waals surface area contributed by atoms with Crippen molar-refractivity contribution in [3.8, 4) is 17.5 Å². The van der Waals surface area contributed by atoms with E-state index < -0.39 is 5.97 Å². The minimum absolute atomic E-state index is 0.105. The second-order valence-electron chi connectivity index (χ2n) is 10.7. The molecule has 2 saturated heterocycles. The lowest BCUT2D eigenvalue weighted by Crippen LogP contribution is -2.35. The fourth-order valence-electron chi connectivity index (χ4n) is 5.58. The molecule has 11 heteroatoms. The number of aromatic carboxylic acids is 1. The summed E-state index contributed by atoms with van der Waals surface area (Å²) in [7, 11) is 3.14. The van der Waals surface area contributed by atoms with Gasteiger partial charge in [0.05, 0.1) is 44.5 Å². The molecule has 1 aromatic carbocycles. The van der Waals surface area contributed by atoms with Crippen LogP contribution in [0.2, 0.25) is 0 Å². The second-order valence-corrected chi connectivity index (χ2v) is 10.7. The molecule has 4 aromatic rings. The number of ether oxygens (including phenoxy) is 4. The topological polar surface area (TPSA) is 121 Å². The normalized spacial score (nSPS) is 17.6. The highest BCUT2D eigenvalue weighted by molar-refractivity contribution is 5.95. The smallest absolute Gasteiger partial charge is 0.335 e. The summed E-state index contributed by atoms with van der Waals surface area (Å²) in [4.78, 5) is 28.2. The third-order valence-corrected chi connectivity index (χ3v) is 8.05. The highest BCUT2D eigenvalue weighted by Gasteiger charge is 2.27. The maximum Gasteiger partial charge on any atom is 0.335 e. The van der Waals surface area contributed by atoms with Gasteiger partial charge < -0.3 is 28.6 Å². The minimum atomic E-state index is -0.993. The number of carboxylic acid groups (broad SMARTS) is 1. The van der Waals surface area contributed by atoms with Crippen LogP contribution in [0.15, 0.2) is 48.7 Å². The van der Waals surface area contributed by atoms with E-state index in [4.69, 9.17) is 28.9 Å². The van der Waals surface area contributed by atoms with E-state index in [1.54, 1.807) is 26.5 Å². The summed E-state index contributed by atoms with van der Waals surface area (Å²) in [6.07, 6.45) is 4.77. The number of hydrogen-bond acceptors (Lipinski definition) is 9. The number of imidazole rings is 1. The second kappa shape index (κ2) is 12.3. The number of nitrogens with zero attached hydrogens (tertiary/aromatic N) is 5. The van der Waals surface area contributed by atoms with Gasteiger partial charge in [-0.05, 0) is 56.6 Å². The highest BCUT2D eigenvalue weighted by Crippen LogP contribution is 2.32. The molecule has 42 heavy (non-hydrogen) atoms. The Labute approximate surface area is 244 Å². The molecule has 2 aliphatic heterocycles. The number of carboxylic acids is 1. The van der Waals surface area contributed by atoms with Crippen LogP contribution in [0, 0.1) is 0 Å². The van der Waals surface area contributed by atoms with Crippen molar-refractivity contribution in [3.05, 3.63) is 71.3 Å². The van der Waals surface area contributed by atoms with E-state index >= 15 is 0 Å². The van der Waals surface area contributed by atoms with Gasteiger partial charge in [0.2, 0.25) is 11.8 Å². The first-order chi connectivity index (χ1) is 20.5. The van der Waals surface area contributed by atoms with Crippen LogP contribution in [0.25, 0.3) is 11.0 Å². The number of hydrogen-bond donors (Lipinski definition) is 1. The lowest BCUT2D eigenvalue weighted by Gasteiger charge is -2.32. The van der Waals surface area contributed by atoms with Crippen LogP contribution in [0.4, 0.5) is 0 Å². The number of rotatable bonds is 11. The van der Waals surface area contributed by atoms with Crippen molar-refractivity contribution in [2.45, 2.75) is 51.0 Å². The van der Waals surface area contributed by atoms with Crippen molar-refractivity contribution >= 4 is 17.0 Å². The fraction of sp³-hybridized carbons (Fsp3) is 0.419. The molecule has 1 N–H and O–H groups in total. The summed E-state index contributed by atoms with van der Waals surface area (Å²) >= 11 is 0. The molecule has 220 valence electrons. The van der Waals surface area contributed by atoms with Gasteiger partial charge in [-0.1, -0.05) is 6.07 Å². The predicted molar refractivity (Wildman–Crippen MR) is 154 cm³/mol. The van der Waals surface area contributed by atoms with E-state index in [2.05, 4.69) is 20.5 Å². The number of carbonyl (C=O) groups is 1. The highest BCUT2D eigenvalue weighted by atomic mass is 16.5. The molecule has 0 amide bonds. The molecular formula is C31H35N5O6. The Bertz CT molecular complexity index is 1540. The van der Waals surface area contributed by atoms with Gasteiger partial charge in [0.25, 0.3) is 0 Å². The van der Waals surface area contributed by atoms with Crippen LogP contribution < -0.4 is 14.2 Å². The van der Waals surface area contributed by atoms with Gasteiger partial charge in [-0.15, -0.1) is 0 Å². The summed E-state index contributed by atoms with van der Waals surface area (Å²) < 4.78 is 24.4. The summed E-state index contributed by atoms with van der Waals surface area (Å²) in [6.45, 7) is 4.23. The van der Waals surface area contributed by atoms with Gasteiger partial charge in [0.15, 0.2) is 0 Å². The van der Waals surface area contributed by atoms with E-state index in [9.17, 15) is 9.90 Å². The summed E-state index contributed by atoms with van der Waals surface area (Å²) in [5.74, 6) is 1.88. The molecule has 11 nitrogen and oxygen atoms in total. The van der Waals surface area contributed by atoms with Crippen LogP contribution in [0.1, 0.15) is 52.6 Å². The maximum absolute atomic E-state index is 11.8. The van der Waals surface area contributed by atoms with Gasteiger partial charge in [0.1, 0.15) is 23.7 Å². The van der Waals surface area contributed by atoms with Crippen molar-refractivity contribution < 1.29 is 28.8 Å². The van der Waals surface area contributed by atoms with E-state index in [0.29, 0.717) is 48.6 Å². The number of methoxy groups -OCH3 is 2. The average Bonchev–Trinajstić information content (AvgIpc) is 3.34. The van der Waals surface area contributed by atoms with Crippen LogP contribution in [-0.2, 0) is 24.4 Å². The largest absolute Gasteiger partial charge is 0.494 e. The molecule has 0 unspecified atom stereocenters. The summed E-state index contributed by atoms with van der Waals surface area (Å²) in [5.41, 5.74) is 3.61. The van der Waals surface area contributed by atoms with Crippen LogP contribution >= 0.6 is 0 Å². The molecular weight excluding hydrogens is 538 g/mol. The summed E-state index contributed by atoms with van der Waals surface area (Å²) in [5, 5.41) is 9.66. The van der Waals surface area contributed by atoms with Crippen LogP contribution in [0.3, 0.4) is 0 Å². The van der Waals surface area contributed by atoms with Crippen molar-refractivity contribution in [1.29, 1.82) is 0 Å². The van der Waals surface area contributed by atoms with E-state index in [1.165, 1.54) is 6.07 Å². The quantitative estimate of drug-likeness (QED) is 0.278. The third-order valence-electron chi connectivity index (χ3n) is 8.05.